The highest BCUT2D eigenvalue weighted by atomic mass is 35.5. The Balaban J connectivity index is 2.82. The first-order valence-electron chi connectivity index (χ1n) is 3.14. The van der Waals surface area contributed by atoms with Crippen molar-refractivity contribution in [1.29, 1.82) is 0 Å². The molecule has 0 unspecified atom stereocenters. The summed E-state index contributed by atoms with van der Waals surface area (Å²) in [4.78, 5) is 0. The van der Waals surface area contributed by atoms with Crippen LogP contribution < -0.4 is 0 Å². The number of halogens is 1. The molecule has 0 aliphatic rings. The van der Waals surface area contributed by atoms with Crippen LogP contribution in [0.25, 0.3) is 10.1 Å². The van der Waals surface area contributed by atoms with Crippen molar-refractivity contribution in [2.75, 3.05) is 0 Å². The van der Waals surface area contributed by atoms with Crippen LogP contribution in [-0.2, 0) is 0 Å². The molecule has 0 aliphatic carbocycles. The van der Waals surface area contributed by atoms with E-state index in [1.165, 1.54) is 11.3 Å². The summed E-state index contributed by atoms with van der Waals surface area (Å²) in [6, 6.07) is 7.28. The van der Waals surface area contributed by atoms with Crippen molar-refractivity contribution in [3.05, 3.63) is 29.3 Å². The van der Waals surface area contributed by atoms with Crippen LogP contribution in [0.3, 0.4) is 0 Å². The van der Waals surface area contributed by atoms with E-state index in [0.717, 1.165) is 10.1 Å². The average molecular weight is 185 g/mol. The van der Waals surface area contributed by atoms with Gasteiger partial charge >= 0.3 is 0 Å². The molecule has 3 heteroatoms. The lowest BCUT2D eigenvalue weighted by molar-refractivity contribution is 0.491. The molecule has 0 atom stereocenters. The van der Waals surface area contributed by atoms with Crippen molar-refractivity contribution in [1.82, 2.24) is 0 Å². The smallest absolute Gasteiger partial charge is 0.172 e. The van der Waals surface area contributed by atoms with E-state index in [2.05, 4.69) is 0 Å². The van der Waals surface area contributed by atoms with E-state index < -0.39 is 0 Å². The van der Waals surface area contributed by atoms with E-state index in [-0.39, 0.29) is 0 Å². The van der Waals surface area contributed by atoms with Crippen LogP contribution in [0.5, 0.6) is 5.06 Å². The maximum absolute atomic E-state index is 9.12. The maximum atomic E-state index is 9.12. The second-order valence-corrected chi connectivity index (χ2v) is 3.77. The fraction of sp³-hybridized carbons (Fsp3) is 0. The molecule has 0 fully saturated rings. The van der Waals surface area contributed by atoms with Gasteiger partial charge in [0.2, 0.25) is 0 Å². The Hall–Kier alpha value is -0.730. The SMILES string of the molecule is Oc1cc2cc(Cl)ccc2s1. The van der Waals surface area contributed by atoms with Crippen molar-refractivity contribution in [3.8, 4) is 5.06 Å². The fourth-order valence-corrected chi connectivity index (χ4v) is 1.96. The largest absolute Gasteiger partial charge is 0.499 e. The second kappa shape index (κ2) is 2.40. The van der Waals surface area contributed by atoms with Gasteiger partial charge in [-0.05, 0) is 29.7 Å². The van der Waals surface area contributed by atoms with Crippen molar-refractivity contribution < 1.29 is 5.11 Å². The van der Waals surface area contributed by atoms with Crippen LogP contribution in [0, 0.1) is 0 Å². The summed E-state index contributed by atoms with van der Waals surface area (Å²) in [6.45, 7) is 0. The minimum atomic E-state index is 0.335. The van der Waals surface area contributed by atoms with Gasteiger partial charge in [0.15, 0.2) is 5.06 Å². The number of benzene rings is 1. The summed E-state index contributed by atoms with van der Waals surface area (Å²) < 4.78 is 1.06. The molecular weight excluding hydrogens is 180 g/mol. The number of hydrogen-bond acceptors (Lipinski definition) is 2. The van der Waals surface area contributed by atoms with Gasteiger partial charge in [-0.15, -0.1) is 0 Å². The first kappa shape index (κ1) is 6.95. The molecule has 0 aliphatic heterocycles. The molecule has 0 bridgehead atoms. The topological polar surface area (TPSA) is 20.2 Å². The third-order valence-corrected chi connectivity index (χ3v) is 2.62. The molecule has 1 heterocycles. The van der Waals surface area contributed by atoms with Gasteiger partial charge in [-0.2, -0.15) is 0 Å². The Kier molecular flexibility index (Phi) is 1.51. The molecule has 0 saturated heterocycles. The molecule has 1 N–H and O–H groups in total. The fourth-order valence-electron chi connectivity index (χ4n) is 1.00. The second-order valence-electron chi connectivity index (χ2n) is 2.27. The summed E-state index contributed by atoms with van der Waals surface area (Å²) in [6.07, 6.45) is 0. The molecule has 0 amide bonds. The van der Waals surface area contributed by atoms with Gasteiger partial charge in [0.05, 0.1) is 0 Å². The molecule has 1 nitrogen and oxygen atoms in total. The molecule has 2 aromatic rings. The summed E-state index contributed by atoms with van der Waals surface area (Å²) in [5.41, 5.74) is 0. The van der Waals surface area contributed by atoms with Gasteiger partial charge in [0.25, 0.3) is 0 Å². The van der Waals surface area contributed by atoms with Gasteiger partial charge in [0.1, 0.15) is 0 Å². The van der Waals surface area contributed by atoms with E-state index >= 15 is 0 Å². The molecule has 0 spiro atoms. The van der Waals surface area contributed by atoms with E-state index in [9.17, 15) is 0 Å². The van der Waals surface area contributed by atoms with Crippen LogP contribution in [0.2, 0.25) is 5.02 Å². The Bertz CT molecular complexity index is 394. The normalized spacial score (nSPS) is 10.6. The lowest BCUT2D eigenvalue weighted by Gasteiger charge is -1.87. The van der Waals surface area contributed by atoms with Gasteiger partial charge in [0, 0.05) is 9.72 Å². The van der Waals surface area contributed by atoms with Gasteiger partial charge in [-0.3, -0.25) is 0 Å². The molecule has 0 saturated carbocycles. The van der Waals surface area contributed by atoms with Crippen LogP contribution in [-0.4, -0.2) is 5.11 Å². The van der Waals surface area contributed by atoms with Crippen LogP contribution >= 0.6 is 22.9 Å². The lowest BCUT2D eigenvalue weighted by Crippen LogP contribution is -1.61. The van der Waals surface area contributed by atoms with Crippen molar-refractivity contribution in [2.24, 2.45) is 0 Å². The molecule has 11 heavy (non-hydrogen) atoms. The van der Waals surface area contributed by atoms with Crippen molar-refractivity contribution in [2.45, 2.75) is 0 Å². The molecule has 56 valence electrons. The van der Waals surface area contributed by atoms with Gasteiger partial charge in [-0.25, -0.2) is 0 Å². The highest BCUT2D eigenvalue weighted by Crippen LogP contribution is 2.31. The number of aromatic hydroxyl groups is 1. The zero-order valence-corrected chi connectivity index (χ0v) is 7.12. The van der Waals surface area contributed by atoms with E-state index in [1.54, 1.807) is 6.07 Å². The first-order valence-corrected chi connectivity index (χ1v) is 4.33. The first-order chi connectivity index (χ1) is 5.25. The van der Waals surface area contributed by atoms with E-state index in [4.69, 9.17) is 16.7 Å². The number of rotatable bonds is 0. The van der Waals surface area contributed by atoms with E-state index in [1.807, 2.05) is 18.2 Å². The van der Waals surface area contributed by atoms with Gasteiger partial charge in [-0.1, -0.05) is 22.9 Å². The minimum Gasteiger partial charge on any atom is -0.499 e. The highest BCUT2D eigenvalue weighted by Gasteiger charge is 1.99. The number of hydrogen-bond donors (Lipinski definition) is 1. The molecule has 1 aromatic carbocycles. The number of thiophene rings is 1. The zero-order valence-electron chi connectivity index (χ0n) is 5.54. The number of fused-ring (bicyclic) bond motifs is 1. The monoisotopic (exact) mass is 184 g/mol. The predicted molar refractivity (Wildman–Crippen MR) is 48.5 cm³/mol. The Morgan fingerprint density at radius 2 is 2.09 bits per heavy atom. The van der Waals surface area contributed by atoms with Crippen molar-refractivity contribution >= 4 is 33.0 Å². The maximum Gasteiger partial charge on any atom is 0.172 e. The highest BCUT2D eigenvalue weighted by molar-refractivity contribution is 7.20. The quantitative estimate of drug-likeness (QED) is 0.667. The van der Waals surface area contributed by atoms with Crippen molar-refractivity contribution in [3.63, 3.8) is 0 Å². The summed E-state index contributed by atoms with van der Waals surface area (Å²) in [5.74, 6) is 0. The Morgan fingerprint density at radius 3 is 2.91 bits per heavy atom. The lowest BCUT2D eigenvalue weighted by atomic mass is 10.3. The van der Waals surface area contributed by atoms with Crippen LogP contribution in [0.4, 0.5) is 0 Å². The molecule has 0 radical (unpaired) electrons. The predicted octanol–water partition coefficient (Wildman–Crippen LogP) is 3.26. The summed E-state index contributed by atoms with van der Waals surface area (Å²) in [7, 11) is 0. The summed E-state index contributed by atoms with van der Waals surface area (Å²) >= 11 is 7.11. The van der Waals surface area contributed by atoms with Gasteiger partial charge < -0.3 is 5.11 Å². The van der Waals surface area contributed by atoms with E-state index in [0.29, 0.717) is 10.1 Å². The van der Waals surface area contributed by atoms with Crippen LogP contribution in [0.1, 0.15) is 0 Å². The third kappa shape index (κ3) is 1.19. The standard InChI is InChI=1S/C8H5ClOS/c9-6-1-2-7-5(3-6)4-8(10)11-7/h1-4,10H. The third-order valence-electron chi connectivity index (χ3n) is 1.47. The van der Waals surface area contributed by atoms with Crippen LogP contribution in [0.15, 0.2) is 24.3 Å². The Morgan fingerprint density at radius 1 is 1.27 bits per heavy atom. The zero-order chi connectivity index (χ0) is 7.84. The molecule has 2 rings (SSSR count). The average Bonchev–Trinajstić information content (AvgIpc) is 2.27. The minimum absolute atomic E-state index is 0.335. The molecule has 1 aromatic heterocycles. The Labute approximate surface area is 72.9 Å². The molecular formula is C8H5ClOS. The summed E-state index contributed by atoms with van der Waals surface area (Å²) in [5, 5.41) is 11.2.